The van der Waals surface area contributed by atoms with Gasteiger partial charge in [-0.05, 0) is 58.0 Å². The molecule has 6 nitrogen and oxygen atoms in total. The summed E-state index contributed by atoms with van der Waals surface area (Å²) in [6.07, 6.45) is -0.890. The van der Waals surface area contributed by atoms with Crippen molar-refractivity contribution in [1.29, 1.82) is 0 Å². The van der Waals surface area contributed by atoms with Crippen molar-refractivity contribution in [2.75, 3.05) is 0 Å². The van der Waals surface area contributed by atoms with Gasteiger partial charge in [-0.15, -0.1) is 0 Å². The first-order chi connectivity index (χ1) is 17.1. The highest BCUT2D eigenvalue weighted by molar-refractivity contribution is 5.84. The number of amides is 1. The lowest BCUT2D eigenvalue weighted by atomic mass is 9.86. The van der Waals surface area contributed by atoms with Gasteiger partial charge in [0.2, 0.25) is 0 Å². The Morgan fingerprint density at radius 3 is 2.28 bits per heavy atom. The van der Waals surface area contributed by atoms with Crippen LogP contribution in [0.4, 0.5) is 9.18 Å². The van der Waals surface area contributed by atoms with E-state index in [4.69, 9.17) is 9.15 Å². The van der Waals surface area contributed by atoms with E-state index >= 15 is 0 Å². The Bertz CT molecular complexity index is 1370. The van der Waals surface area contributed by atoms with Gasteiger partial charge in [0, 0.05) is 11.8 Å². The molecule has 0 aliphatic heterocycles. The van der Waals surface area contributed by atoms with Crippen LogP contribution in [0.3, 0.4) is 0 Å². The van der Waals surface area contributed by atoms with Crippen molar-refractivity contribution in [3.05, 3.63) is 95.5 Å². The predicted octanol–water partition coefficient (Wildman–Crippen LogP) is 6.46. The molecular weight excluding hydrogens is 461 g/mol. The normalized spacial score (nSPS) is 12.3. The highest BCUT2D eigenvalue weighted by Gasteiger charge is 2.21. The van der Waals surface area contributed by atoms with Crippen LogP contribution in [-0.2, 0) is 28.0 Å². The van der Waals surface area contributed by atoms with E-state index in [1.54, 1.807) is 6.07 Å². The number of carbonyl (C=O) groups is 2. The highest BCUT2D eigenvalue weighted by atomic mass is 19.1. The maximum absolute atomic E-state index is 13.1. The lowest BCUT2D eigenvalue weighted by Gasteiger charge is -2.19. The van der Waals surface area contributed by atoms with E-state index in [0.29, 0.717) is 16.9 Å². The molecule has 0 bridgehead atoms. The SMILES string of the molecule is CC(C)(C)c1ccc(-c2ccc3oc(COC(=O)NC(Cc4ccc(F)cc4)C(=O)O)cc3c2)cc1. The number of hydrogen-bond donors (Lipinski definition) is 2. The lowest BCUT2D eigenvalue weighted by Crippen LogP contribution is -2.42. The van der Waals surface area contributed by atoms with Gasteiger partial charge in [0.25, 0.3) is 0 Å². The molecule has 0 radical (unpaired) electrons. The second-order valence-electron chi connectivity index (χ2n) is 9.73. The second-order valence-corrected chi connectivity index (χ2v) is 9.73. The molecule has 1 unspecified atom stereocenters. The van der Waals surface area contributed by atoms with Crippen molar-refractivity contribution in [3.63, 3.8) is 0 Å². The number of carboxylic acid groups (broad SMARTS) is 1. The van der Waals surface area contributed by atoms with Crippen molar-refractivity contribution >= 4 is 23.0 Å². The molecule has 186 valence electrons. The van der Waals surface area contributed by atoms with E-state index in [-0.39, 0.29) is 18.4 Å². The smallest absolute Gasteiger partial charge is 0.408 e. The van der Waals surface area contributed by atoms with E-state index in [0.717, 1.165) is 16.5 Å². The third-order valence-electron chi connectivity index (χ3n) is 5.94. The highest BCUT2D eigenvalue weighted by Crippen LogP contribution is 2.29. The number of benzene rings is 3. The van der Waals surface area contributed by atoms with Crippen LogP contribution in [0.25, 0.3) is 22.1 Å². The largest absolute Gasteiger partial charge is 0.480 e. The van der Waals surface area contributed by atoms with Crippen LogP contribution in [-0.4, -0.2) is 23.2 Å². The quantitative estimate of drug-likeness (QED) is 0.311. The van der Waals surface area contributed by atoms with E-state index in [1.807, 2.05) is 18.2 Å². The summed E-state index contributed by atoms with van der Waals surface area (Å²) in [6.45, 7) is 6.38. The molecule has 4 aromatic rings. The maximum Gasteiger partial charge on any atom is 0.408 e. The molecule has 0 aliphatic carbocycles. The number of alkyl carbamates (subject to hydrolysis) is 1. The molecule has 0 spiro atoms. The van der Waals surface area contributed by atoms with Crippen LogP contribution < -0.4 is 5.32 Å². The number of halogens is 1. The summed E-state index contributed by atoms with van der Waals surface area (Å²) in [4.78, 5) is 23.8. The van der Waals surface area contributed by atoms with Crippen LogP contribution in [0.15, 0.2) is 77.2 Å². The van der Waals surface area contributed by atoms with E-state index in [9.17, 15) is 19.1 Å². The number of carboxylic acids is 1. The number of carbonyl (C=O) groups excluding carboxylic acids is 1. The molecule has 4 rings (SSSR count). The number of fused-ring (bicyclic) bond motifs is 1. The van der Waals surface area contributed by atoms with E-state index in [2.05, 4.69) is 50.4 Å². The zero-order valence-corrected chi connectivity index (χ0v) is 20.4. The average molecular weight is 490 g/mol. The molecular formula is C29H28FNO5. The minimum Gasteiger partial charge on any atom is -0.480 e. The zero-order valence-electron chi connectivity index (χ0n) is 20.4. The van der Waals surface area contributed by atoms with E-state index in [1.165, 1.54) is 29.8 Å². The molecule has 7 heteroatoms. The first-order valence-electron chi connectivity index (χ1n) is 11.6. The molecule has 0 aliphatic rings. The predicted molar refractivity (Wildman–Crippen MR) is 135 cm³/mol. The Morgan fingerprint density at radius 1 is 0.972 bits per heavy atom. The molecule has 1 aromatic heterocycles. The zero-order chi connectivity index (χ0) is 25.9. The number of ether oxygens (including phenoxy) is 1. The monoisotopic (exact) mass is 489 g/mol. The van der Waals surface area contributed by atoms with Gasteiger partial charge in [-0.25, -0.2) is 14.0 Å². The third kappa shape index (κ3) is 6.10. The Balaban J connectivity index is 1.39. The van der Waals surface area contributed by atoms with Crippen LogP contribution in [0.1, 0.15) is 37.7 Å². The molecule has 36 heavy (non-hydrogen) atoms. The van der Waals surface area contributed by atoms with Crippen molar-refractivity contribution < 1.29 is 28.2 Å². The minimum absolute atomic E-state index is 0.00510. The van der Waals surface area contributed by atoms with Crippen molar-refractivity contribution in [3.8, 4) is 11.1 Å². The first-order valence-corrected chi connectivity index (χ1v) is 11.6. The fourth-order valence-corrected chi connectivity index (χ4v) is 3.89. The van der Waals surface area contributed by atoms with Crippen molar-refractivity contribution in [2.45, 2.75) is 45.3 Å². The Morgan fingerprint density at radius 2 is 1.64 bits per heavy atom. The number of nitrogens with one attached hydrogen (secondary N) is 1. The number of rotatable bonds is 7. The lowest BCUT2D eigenvalue weighted by molar-refractivity contribution is -0.139. The number of aliphatic carboxylic acids is 1. The van der Waals surface area contributed by atoms with Crippen LogP contribution in [0.5, 0.6) is 0 Å². The van der Waals surface area contributed by atoms with Crippen LogP contribution in [0, 0.1) is 5.82 Å². The topological polar surface area (TPSA) is 88.8 Å². The van der Waals surface area contributed by atoms with Gasteiger partial charge in [0.05, 0.1) is 0 Å². The summed E-state index contributed by atoms with van der Waals surface area (Å²) in [5.74, 6) is -1.21. The molecule has 0 saturated heterocycles. The Hall–Kier alpha value is -4.13. The van der Waals surface area contributed by atoms with Gasteiger partial charge in [-0.1, -0.05) is 63.2 Å². The Labute approximate surface area is 208 Å². The van der Waals surface area contributed by atoms with Gasteiger partial charge >= 0.3 is 12.1 Å². The molecule has 2 N–H and O–H groups in total. The van der Waals surface area contributed by atoms with Crippen molar-refractivity contribution in [1.82, 2.24) is 5.32 Å². The average Bonchev–Trinajstić information content (AvgIpc) is 3.25. The summed E-state index contributed by atoms with van der Waals surface area (Å²) in [5.41, 5.74) is 4.70. The summed E-state index contributed by atoms with van der Waals surface area (Å²) in [5, 5.41) is 12.6. The Kier molecular flexibility index (Phi) is 7.10. The molecule has 1 atom stereocenters. The molecule has 0 saturated carbocycles. The summed E-state index contributed by atoms with van der Waals surface area (Å²) >= 11 is 0. The summed E-state index contributed by atoms with van der Waals surface area (Å²) in [6, 6.07) is 20.3. The number of furan rings is 1. The van der Waals surface area contributed by atoms with Gasteiger partial charge in [0.15, 0.2) is 6.61 Å². The van der Waals surface area contributed by atoms with E-state index < -0.39 is 23.9 Å². The van der Waals surface area contributed by atoms with Crippen molar-refractivity contribution in [2.24, 2.45) is 0 Å². The molecule has 0 fully saturated rings. The minimum atomic E-state index is -1.22. The van der Waals surface area contributed by atoms with Crippen LogP contribution >= 0.6 is 0 Å². The van der Waals surface area contributed by atoms with Gasteiger partial charge < -0.3 is 19.6 Å². The standard InChI is InChI=1S/C29H28FNO5/c1-29(2,3)22-9-6-19(7-10-22)20-8-13-26-21(15-20)16-24(36-26)17-35-28(34)31-25(27(32)33)14-18-4-11-23(30)12-5-18/h4-13,15-16,25H,14,17H2,1-3H3,(H,31,34)(H,32,33). The fourth-order valence-electron chi connectivity index (χ4n) is 3.89. The van der Waals surface area contributed by atoms with Gasteiger partial charge in [-0.2, -0.15) is 0 Å². The maximum atomic E-state index is 13.1. The second kappa shape index (κ2) is 10.2. The summed E-state index contributed by atoms with van der Waals surface area (Å²) in [7, 11) is 0. The van der Waals surface area contributed by atoms with Gasteiger partial charge in [-0.3, -0.25) is 0 Å². The fraction of sp³-hybridized carbons (Fsp3) is 0.241. The number of hydrogen-bond acceptors (Lipinski definition) is 4. The van der Waals surface area contributed by atoms with Crippen LogP contribution in [0.2, 0.25) is 0 Å². The summed E-state index contributed by atoms with van der Waals surface area (Å²) < 4.78 is 24.0. The molecule has 3 aromatic carbocycles. The first kappa shape index (κ1) is 25.0. The molecule has 1 amide bonds. The van der Waals surface area contributed by atoms with Gasteiger partial charge in [0.1, 0.15) is 23.2 Å². The molecule has 1 heterocycles. The third-order valence-corrected chi connectivity index (χ3v) is 5.94.